The Morgan fingerprint density at radius 3 is 2.94 bits per heavy atom. The predicted octanol–water partition coefficient (Wildman–Crippen LogP) is 3.01. The fourth-order valence-electron chi connectivity index (χ4n) is 1.50. The fourth-order valence-corrected chi connectivity index (χ4v) is 1.50. The van der Waals surface area contributed by atoms with Gasteiger partial charge in [0.1, 0.15) is 0 Å². The molecule has 1 aromatic heterocycles. The highest BCUT2D eigenvalue weighted by atomic mass is 16.5. The molecule has 3 nitrogen and oxygen atoms in total. The van der Waals surface area contributed by atoms with Crippen LogP contribution in [0.1, 0.15) is 39.2 Å². The maximum absolute atomic E-state index is 5.61. The molecule has 0 aromatic carbocycles. The maximum atomic E-state index is 5.61. The standard InChI is InChI=1S/C14H24N2O/c1-4-10-17-14-13(6-5-8-16-14)11-15-9-7-12(2)3/h5-6,8,12,15H,4,7,9-11H2,1-3H3. The lowest BCUT2D eigenvalue weighted by molar-refractivity contribution is 0.301. The van der Waals surface area contributed by atoms with E-state index in [1.54, 1.807) is 6.20 Å². The van der Waals surface area contributed by atoms with Gasteiger partial charge in [-0.3, -0.25) is 0 Å². The quantitative estimate of drug-likeness (QED) is 0.705. The smallest absolute Gasteiger partial charge is 0.217 e. The van der Waals surface area contributed by atoms with Crippen molar-refractivity contribution in [1.29, 1.82) is 0 Å². The van der Waals surface area contributed by atoms with E-state index in [2.05, 4.69) is 37.1 Å². The molecule has 1 heterocycles. The highest BCUT2D eigenvalue weighted by Gasteiger charge is 2.03. The average molecular weight is 236 g/mol. The molecule has 0 spiro atoms. The van der Waals surface area contributed by atoms with Crippen molar-refractivity contribution in [3.8, 4) is 5.88 Å². The molecule has 0 aliphatic carbocycles. The zero-order valence-corrected chi connectivity index (χ0v) is 11.2. The van der Waals surface area contributed by atoms with Crippen molar-refractivity contribution in [1.82, 2.24) is 10.3 Å². The van der Waals surface area contributed by atoms with Crippen LogP contribution in [0.15, 0.2) is 18.3 Å². The number of hydrogen-bond acceptors (Lipinski definition) is 3. The van der Waals surface area contributed by atoms with Gasteiger partial charge in [0.2, 0.25) is 5.88 Å². The molecule has 0 fully saturated rings. The van der Waals surface area contributed by atoms with E-state index < -0.39 is 0 Å². The van der Waals surface area contributed by atoms with Gasteiger partial charge in [-0.05, 0) is 31.4 Å². The number of aromatic nitrogens is 1. The van der Waals surface area contributed by atoms with E-state index in [9.17, 15) is 0 Å². The third-order valence-corrected chi connectivity index (χ3v) is 2.51. The first-order valence-electron chi connectivity index (χ1n) is 6.51. The molecule has 1 aromatic rings. The maximum Gasteiger partial charge on any atom is 0.217 e. The molecule has 0 saturated carbocycles. The molecule has 0 aliphatic rings. The molecule has 0 unspecified atom stereocenters. The van der Waals surface area contributed by atoms with E-state index in [0.717, 1.165) is 43.5 Å². The van der Waals surface area contributed by atoms with Crippen molar-refractivity contribution >= 4 is 0 Å². The summed E-state index contributed by atoms with van der Waals surface area (Å²) < 4.78 is 5.61. The molecule has 17 heavy (non-hydrogen) atoms. The second kappa shape index (κ2) is 8.07. The van der Waals surface area contributed by atoms with E-state index in [0.29, 0.717) is 0 Å². The Bertz CT molecular complexity index is 313. The molecule has 0 bridgehead atoms. The zero-order valence-electron chi connectivity index (χ0n) is 11.2. The lowest BCUT2D eigenvalue weighted by atomic mass is 10.1. The normalized spacial score (nSPS) is 10.8. The zero-order chi connectivity index (χ0) is 12.5. The van der Waals surface area contributed by atoms with Gasteiger partial charge < -0.3 is 10.1 Å². The topological polar surface area (TPSA) is 34.1 Å². The van der Waals surface area contributed by atoms with Crippen LogP contribution >= 0.6 is 0 Å². The van der Waals surface area contributed by atoms with Crippen LogP contribution in [-0.4, -0.2) is 18.1 Å². The Balaban J connectivity index is 2.40. The van der Waals surface area contributed by atoms with Crippen LogP contribution in [0.3, 0.4) is 0 Å². The fraction of sp³-hybridized carbons (Fsp3) is 0.643. The summed E-state index contributed by atoms with van der Waals surface area (Å²) in [4.78, 5) is 4.27. The van der Waals surface area contributed by atoms with Gasteiger partial charge in [-0.2, -0.15) is 0 Å². The Labute approximate surface area is 105 Å². The van der Waals surface area contributed by atoms with Crippen molar-refractivity contribution in [2.45, 2.75) is 40.2 Å². The number of rotatable bonds is 8. The minimum absolute atomic E-state index is 0.732. The molecule has 0 saturated heterocycles. The number of nitrogens with one attached hydrogen (secondary N) is 1. The highest BCUT2D eigenvalue weighted by Crippen LogP contribution is 2.14. The van der Waals surface area contributed by atoms with E-state index in [-0.39, 0.29) is 0 Å². The van der Waals surface area contributed by atoms with Gasteiger partial charge in [0.05, 0.1) is 6.61 Å². The summed E-state index contributed by atoms with van der Waals surface area (Å²) >= 11 is 0. The third kappa shape index (κ3) is 5.68. The van der Waals surface area contributed by atoms with Crippen molar-refractivity contribution < 1.29 is 4.74 Å². The number of ether oxygens (including phenoxy) is 1. The van der Waals surface area contributed by atoms with E-state index >= 15 is 0 Å². The molecule has 0 amide bonds. The van der Waals surface area contributed by atoms with Gasteiger partial charge in [0.25, 0.3) is 0 Å². The van der Waals surface area contributed by atoms with Gasteiger partial charge in [0.15, 0.2) is 0 Å². The first kappa shape index (κ1) is 14.0. The number of hydrogen-bond donors (Lipinski definition) is 1. The number of nitrogens with zero attached hydrogens (tertiary/aromatic N) is 1. The molecule has 3 heteroatoms. The largest absolute Gasteiger partial charge is 0.477 e. The van der Waals surface area contributed by atoms with Crippen LogP contribution in [0, 0.1) is 5.92 Å². The molecule has 1 N–H and O–H groups in total. The van der Waals surface area contributed by atoms with Gasteiger partial charge >= 0.3 is 0 Å². The summed E-state index contributed by atoms with van der Waals surface area (Å²) in [5, 5.41) is 3.43. The summed E-state index contributed by atoms with van der Waals surface area (Å²) in [7, 11) is 0. The molecular weight excluding hydrogens is 212 g/mol. The Kier molecular flexibility index (Phi) is 6.63. The summed E-state index contributed by atoms with van der Waals surface area (Å²) in [6, 6.07) is 4.03. The van der Waals surface area contributed by atoms with Crippen LogP contribution in [0.4, 0.5) is 0 Å². The molecular formula is C14H24N2O. The van der Waals surface area contributed by atoms with Crippen molar-refractivity contribution in [2.24, 2.45) is 5.92 Å². The third-order valence-electron chi connectivity index (χ3n) is 2.51. The Hall–Kier alpha value is -1.09. The lowest BCUT2D eigenvalue weighted by Gasteiger charge is -2.11. The summed E-state index contributed by atoms with van der Waals surface area (Å²) in [6.45, 7) is 9.18. The summed E-state index contributed by atoms with van der Waals surface area (Å²) in [5.74, 6) is 1.51. The van der Waals surface area contributed by atoms with Gasteiger partial charge in [-0.1, -0.05) is 26.8 Å². The molecule has 0 aliphatic heterocycles. The van der Waals surface area contributed by atoms with Crippen LogP contribution in [0.5, 0.6) is 5.88 Å². The van der Waals surface area contributed by atoms with Gasteiger partial charge in [-0.15, -0.1) is 0 Å². The van der Waals surface area contributed by atoms with E-state index in [1.165, 1.54) is 6.42 Å². The minimum atomic E-state index is 0.732. The van der Waals surface area contributed by atoms with Crippen molar-refractivity contribution in [3.63, 3.8) is 0 Å². The SMILES string of the molecule is CCCOc1ncccc1CNCCC(C)C. The molecule has 1 rings (SSSR count). The Morgan fingerprint density at radius 2 is 2.24 bits per heavy atom. The van der Waals surface area contributed by atoms with Crippen LogP contribution in [-0.2, 0) is 6.54 Å². The summed E-state index contributed by atoms with van der Waals surface area (Å²) in [6.07, 6.45) is 3.99. The van der Waals surface area contributed by atoms with Crippen LogP contribution < -0.4 is 10.1 Å². The van der Waals surface area contributed by atoms with E-state index in [1.807, 2.05) is 6.07 Å². The first-order valence-corrected chi connectivity index (χ1v) is 6.51. The second-order valence-electron chi connectivity index (χ2n) is 4.68. The van der Waals surface area contributed by atoms with Crippen molar-refractivity contribution in [2.75, 3.05) is 13.2 Å². The average Bonchev–Trinajstić information content (AvgIpc) is 2.33. The minimum Gasteiger partial charge on any atom is -0.477 e. The molecule has 0 radical (unpaired) electrons. The van der Waals surface area contributed by atoms with E-state index in [4.69, 9.17) is 4.74 Å². The monoisotopic (exact) mass is 236 g/mol. The Morgan fingerprint density at radius 1 is 1.41 bits per heavy atom. The van der Waals surface area contributed by atoms with Crippen molar-refractivity contribution in [3.05, 3.63) is 23.9 Å². The van der Waals surface area contributed by atoms with Crippen LogP contribution in [0.25, 0.3) is 0 Å². The summed E-state index contributed by atoms with van der Waals surface area (Å²) in [5.41, 5.74) is 1.14. The lowest BCUT2D eigenvalue weighted by Crippen LogP contribution is -2.17. The van der Waals surface area contributed by atoms with Gasteiger partial charge in [-0.25, -0.2) is 4.98 Å². The highest BCUT2D eigenvalue weighted by molar-refractivity contribution is 5.25. The first-order chi connectivity index (χ1) is 8.24. The van der Waals surface area contributed by atoms with Crippen LogP contribution in [0.2, 0.25) is 0 Å². The molecule has 0 atom stereocenters. The molecule has 96 valence electrons. The number of pyridine rings is 1. The van der Waals surface area contributed by atoms with Gasteiger partial charge in [0, 0.05) is 18.3 Å². The second-order valence-corrected chi connectivity index (χ2v) is 4.68. The predicted molar refractivity (Wildman–Crippen MR) is 71.2 cm³/mol.